The van der Waals surface area contributed by atoms with E-state index in [4.69, 9.17) is 18.9 Å². The molecule has 238 valence electrons. The highest BCUT2D eigenvalue weighted by Crippen LogP contribution is 2.60. The number of ether oxygens (including phenoxy) is 4. The van der Waals surface area contributed by atoms with Crippen LogP contribution in [0.2, 0.25) is 0 Å². The molecule has 0 aliphatic rings. The highest BCUT2D eigenvalue weighted by Gasteiger charge is 2.30. The van der Waals surface area contributed by atoms with E-state index < -0.39 is 0 Å². The van der Waals surface area contributed by atoms with Crippen LogP contribution in [-0.4, -0.2) is 26.4 Å². The number of hydrogen-bond acceptors (Lipinski definition) is 7. The summed E-state index contributed by atoms with van der Waals surface area (Å²) in [5, 5.41) is 0. The second-order valence-electron chi connectivity index (χ2n) is 11.8. The average Bonchev–Trinajstić information content (AvgIpc) is 3.73. The Balaban J connectivity index is 1.59. The maximum atomic E-state index is 6.41. The minimum absolute atomic E-state index is 0.0187. The predicted molar refractivity (Wildman–Crippen MR) is 201 cm³/mol. The number of benzene rings is 4. The van der Waals surface area contributed by atoms with Gasteiger partial charge in [-0.05, 0) is 63.1 Å². The van der Waals surface area contributed by atoms with Crippen molar-refractivity contribution in [2.45, 2.75) is 39.9 Å². The fraction of sp³-hybridized carbons (Fsp3) is 0.200. The molecule has 0 spiro atoms. The Labute approximate surface area is 287 Å². The third kappa shape index (κ3) is 5.67. The third-order valence-corrected chi connectivity index (χ3v) is 11.9. The summed E-state index contributed by atoms with van der Waals surface area (Å²) in [6.45, 7) is 8.24. The first-order valence-electron chi connectivity index (χ1n) is 15.7. The minimum Gasteiger partial charge on any atom is -0.496 e. The van der Waals surface area contributed by atoms with Gasteiger partial charge in [0.2, 0.25) is 0 Å². The molecular formula is C40H36O4S3. The minimum atomic E-state index is 0.0187. The number of thiophene rings is 3. The van der Waals surface area contributed by atoms with Gasteiger partial charge in [-0.25, -0.2) is 0 Å². The van der Waals surface area contributed by atoms with Gasteiger partial charge in [-0.2, -0.15) is 0 Å². The van der Waals surface area contributed by atoms with Crippen molar-refractivity contribution in [1.29, 1.82) is 0 Å². The molecule has 0 atom stereocenters. The van der Waals surface area contributed by atoms with E-state index in [2.05, 4.69) is 88.4 Å². The zero-order valence-corrected chi connectivity index (χ0v) is 29.7. The summed E-state index contributed by atoms with van der Waals surface area (Å²) in [4.78, 5) is 2.29. The second kappa shape index (κ2) is 13.1. The molecule has 0 N–H and O–H groups in total. The molecule has 0 saturated heterocycles. The van der Waals surface area contributed by atoms with E-state index in [1.54, 1.807) is 14.2 Å². The Bertz CT molecular complexity index is 2020. The molecule has 4 nitrogen and oxygen atoms in total. The Morgan fingerprint density at radius 2 is 0.787 bits per heavy atom. The van der Waals surface area contributed by atoms with Crippen LogP contribution in [0.4, 0.5) is 0 Å². The summed E-state index contributed by atoms with van der Waals surface area (Å²) in [6.07, 6.45) is 0.0374. The number of rotatable bonds is 10. The van der Waals surface area contributed by atoms with E-state index >= 15 is 0 Å². The van der Waals surface area contributed by atoms with Gasteiger partial charge in [0.15, 0.2) is 0 Å². The van der Waals surface area contributed by atoms with E-state index in [-0.39, 0.29) is 12.2 Å². The van der Waals surface area contributed by atoms with Gasteiger partial charge in [0.1, 0.15) is 23.0 Å². The Hall–Kier alpha value is -4.30. The zero-order chi connectivity index (χ0) is 32.7. The first-order chi connectivity index (χ1) is 22.9. The van der Waals surface area contributed by atoms with Crippen molar-refractivity contribution in [3.63, 3.8) is 0 Å². The number of hydrogen-bond donors (Lipinski definition) is 0. The third-order valence-electron chi connectivity index (χ3n) is 7.86. The number of fused-ring (bicyclic) bond motifs is 3. The standard InChI is InChI=1S/C40H36O4S3/c1-23(2)43-29-21-13-19-27(41-5)33(29)35-31(25-15-9-7-10-16-25)37-39(45-35)40-38(47-37)32(26-17-11-8-12-18-26)36(46-40)34-28(42-6)20-14-22-30(34)44-24(3)4/h7-24H,1-6H3. The summed E-state index contributed by atoms with van der Waals surface area (Å²) in [5.74, 6) is 3.24. The van der Waals surface area contributed by atoms with Crippen LogP contribution in [0.5, 0.6) is 23.0 Å². The van der Waals surface area contributed by atoms with Crippen LogP contribution in [0.25, 0.3) is 61.9 Å². The van der Waals surface area contributed by atoms with Gasteiger partial charge >= 0.3 is 0 Å². The molecule has 7 heteroatoms. The van der Waals surface area contributed by atoms with Gasteiger partial charge < -0.3 is 18.9 Å². The average molecular weight is 677 g/mol. The van der Waals surface area contributed by atoms with Gasteiger partial charge in [0.25, 0.3) is 0 Å². The molecule has 0 aliphatic heterocycles. The lowest BCUT2D eigenvalue weighted by Gasteiger charge is -2.17. The largest absolute Gasteiger partial charge is 0.496 e. The van der Waals surface area contributed by atoms with Crippen LogP contribution in [0.3, 0.4) is 0 Å². The molecule has 7 rings (SSSR count). The van der Waals surface area contributed by atoms with Crippen molar-refractivity contribution in [3.8, 4) is 66.1 Å². The topological polar surface area (TPSA) is 36.9 Å². The SMILES string of the molecule is COc1cccc(OC(C)C)c1-c1sc2c(sc3c(-c4ccccc4)c(-c4c(OC)cccc4OC(C)C)sc32)c1-c1ccccc1. The first kappa shape index (κ1) is 31.3. The lowest BCUT2D eigenvalue weighted by molar-refractivity contribution is 0.242. The lowest BCUT2D eigenvalue weighted by atomic mass is 10.0. The van der Waals surface area contributed by atoms with Crippen LogP contribution in [0.15, 0.2) is 97.1 Å². The zero-order valence-electron chi connectivity index (χ0n) is 27.3. The van der Waals surface area contributed by atoms with Gasteiger partial charge in [-0.3, -0.25) is 0 Å². The van der Waals surface area contributed by atoms with E-state index in [1.807, 2.05) is 70.4 Å². The maximum Gasteiger partial charge on any atom is 0.132 e. The summed E-state index contributed by atoms with van der Waals surface area (Å²) >= 11 is 5.49. The van der Waals surface area contributed by atoms with Crippen LogP contribution >= 0.6 is 34.0 Å². The fourth-order valence-corrected chi connectivity index (χ4v) is 10.7. The summed E-state index contributed by atoms with van der Waals surface area (Å²) in [5.41, 5.74) is 6.73. The number of methoxy groups -OCH3 is 2. The van der Waals surface area contributed by atoms with Crippen molar-refractivity contribution in [2.75, 3.05) is 14.2 Å². The van der Waals surface area contributed by atoms with E-state index in [0.29, 0.717) is 0 Å². The summed E-state index contributed by atoms with van der Waals surface area (Å²) in [7, 11) is 3.46. The van der Waals surface area contributed by atoms with Gasteiger partial charge in [0, 0.05) is 11.1 Å². The molecule has 0 aliphatic carbocycles. The lowest BCUT2D eigenvalue weighted by Crippen LogP contribution is -2.07. The van der Waals surface area contributed by atoms with Crippen molar-refractivity contribution >= 4 is 52.8 Å². The highest BCUT2D eigenvalue weighted by atomic mass is 32.1. The highest BCUT2D eigenvalue weighted by molar-refractivity contribution is 7.41. The smallest absolute Gasteiger partial charge is 0.132 e. The van der Waals surface area contributed by atoms with Gasteiger partial charge in [-0.1, -0.05) is 72.8 Å². The van der Waals surface area contributed by atoms with Crippen molar-refractivity contribution < 1.29 is 18.9 Å². The molecule has 3 heterocycles. The summed E-state index contributed by atoms with van der Waals surface area (Å²) in [6, 6.07) is 33.5. The monoisotopic (exact) mass is 676 g/mol. The van der Waals surface area contributed by atoms with E-state index in [0.717, 1.165) is 43.9 Å². The Morgan fingerprint density at radius 3 is 1.15 bits per heavy atom. The van der Waals surface area contributed by atoms with Crippen LogP contribution in [0, 0.1) is 0 Å². The van der Waals surface area contributed by atoms with Crippen molar-refractivity contribution in [1.82, 2.24) is 0 Å². The quantitative estimate of drug-likeness (QED) is 0.144. The molecule has 0 fully saturated rings. The maximum absolute atomic E-state index is 6.41. The summed E-state index contributed by atoms with van der Waals surface area (Å²) < 4.78 is 29.8. The van der Waals surface area contributed by atoms with Crippen LogP contribution in [0.1, 0.15) is 27.7 Å². The van der Waals surface area contributed by atoms with Crippen LogP contribution < -0.4 is 18.9 Å². The van der Waals surface area contributed by atoms with Gasteiger partial charge in [-0.15, -0.1) is 34.0 Å². The molecule has 3 aromatic heterocycles. The molecule has 4 aromatic carbocycles. The van der Waals surface area contributed by atoms with E-state index in [9.17, 15) is 0 Å². The molecule has 0 bridgehead atoms. The van der Waals surface area contributed by atoms with Crippen LogP contribution in [-0.2, 0) is 0 Å². The second-order valence-corrected chi connectivity index (χ2v) is 14.8. The molecule has 0 radical (unpaired) electrons. The predicted octanol–water partition coefficient (Wildman–Crippen LogP) is 12.4. The molecule has 7 aromatic rings. The molecule has 47 heavy (non-hydrogen) atoms. The van der Waals surface area contributed by atoms with Gasteiger partial charge in [0.05, 0.1) is 66.1 Å². The van der Waals surface area contributed by atoms with Crippen molar-refractivity contribution in [3.05, 3.63) is 97.1 Å². The Morgan fingerprint density at radius 1 is 0.404 bits per heavy atom. The van der Waals surface area contributed by atoms with Crippen molar-refractivity contribution in [2.24, 2.45) is 0 Å². The molecule has 0 amide bonds. The first-order valence-corrected chi connectivity index (χ1v) is 18.1. The Kier molecular flexibility index (Phi) is 8.71. The van der Waals surface area contributed by atoms with E-state index in [1.165, 1.54) is 41.1 Å². The molecule has 0 saturated carbocycles. The molecular weight excluding hydrogens is 641 g/mol. The normalized spacial score (nSPS) is 11.6. The fourth-order valence-electron chi connectivity index (χ4n) is 6.03. The molecule has 0 unspecified atom stereocenters.